The summed E-state index contributed by atoms with van der Waals surface area (Å²) in [6.45, 7) is 11.2. The van der Waals surface area contributed by atoms with Crippen LogP contribution in [0, 0.1) is 19.1 Å². The van der Waals surface area contributed by atoms with Gasteiger partial charge in [0, 0.05) is 35.0 Å². The molecule has 4 aromatic carbocycles. The number of aryl methyl sites for hydroxylation is 2. The summed E-state index contributed by atoms with van der Waals surface area (Å²) in [4.78, 5) is 4.70. The summed E-state index contributed by atoms with van der Waals surface area (Å²) < 4.78 is 10.5. The first-order valence-electron chi connectivity index (χ1n) is 16.7. The van der Waals surface area contributed by atoms with Gasteiger partial charge in [0.25, 0.3) is 0 Å². The molecule has 3 heterocycles. The molecule has 0 N–H and O–H groups in total. The van der Waals surface area contributed by atoms with E-state index in [0.29, 0.717) is 17.4 Å². The van der Waals surface area contributed by atoms with Gasteiger partial charge in [0.1, 0.15) is 5.82 Å². The first-order chi connectivity index (χ1) is 22.9. The molecule has 0 saturated carbocycles. The van der Waals surface area contributed by atoms with E-state index in [-0.39, 0.29) is 21.1 Å². The van der Waals surface area contributed by atoms with E-state index >= 15 is 0 Å². The molecule has 0 amide bonds. The Bertz CT molecular complexity index is 2210. The third-order valence-electron chi connectivity index (χ3n) is 8.85. The Hall–Kier alpha value is -4.47. The van der Waals surface area contributed by atoms with Crippen molar-refractivity contribution in [3.63, 3.8) is 0 Å². The van der Waals surface area contributed by atoms with Gasteiger partial charge in [-0.3, -0.25) is 4.68 Å². The van der Waals surface area contributed by atoms with Gasteiger partial charge in [-0.1, -0.05) is 76.4 Å². The van der Waals surface area contributed by atoms with Gasteiger partial charge in [-0.25, -0.2) is 4.98 Å². The zero-order valence-electron chi connectivity index (χ0n) is 28.2. The molecule has 0 unspecified atom stereocenters. The summed E-state index contributed by atoms with van der Waals surface area (Å²) in [5.74, 6) is 2.54. The van der Waals surface area contributed by atoms with E-state index in [4.69, 9.17) is 14.8 Å². The third kappa shape index (κ3) is 6.36. The zero-order chi connectivity index (χ0) is 32.5. The van der Waals surface area contributed by atoms with Gasteiger partial charge < -0.3 is 9.30 Å². The first-order valence-corrected chi connectivity index (χ1v) is 16.7. The number of benzene rings is 4. The summed E-state index contributed by atoms with van der Waals surface area (Å²) >= 11 is 0. The Labute approximate surface area is 297 Å². The largest absolute Gasteiger partial charge is 2.00 e. The topological polar surface area (TPSA) is 44.9 Å². The van der Waals surface area contributed by atoms with Gasteiger partial charge in [-0.05, 0) is 82.8 Å². The van der Waals surface area contributed by atoms with E-state index < -0.39 is 0 Å². The van der Waals surface area contributed by atoms with Crippen molar-refractivity contribution in [2.24, 2.45) is 0 Å². The van der Waals surface area contributed by atoms with Crippen molar-refractivity contribution in [3.8, 4) is 34.1 Å². The molecule has 0 aliphatic heterocycles. The van der Waals surface area contributed by atoms with Gasteiger partial charge in [0.15, 0.2) is 0 Å². The number of hydrogen-bond acceptors (Lipinski definition) is 3. The van der Waals surface area contributed by atoms with E-state index in [2.05, 4.69) is 106 Å². The Morgan fingerprint density at radius 2 is 1.65 bits per heavy atom. The molecule has 7 rings (SSSR count). The Kier molecular flexibility index (Phi) is 9.98. The maximum Gasteiger partial charge on any atom is 2.00 e. The van der Waals surface area contributed by atoms with Crippen molar-refractivity contribution >= 4 is 21.8 Å². The number of aromatic nitrogens is 4. The molecule has 0 fully saturated rings. The summed E-state index contributed by atoms with van der Waals surface area (Å²) in [7, 11) is 0. The summed E-state index contributed by atoms with van der Waals surface area (Å²) in [6, 6.07) is 34.2. The maximum atomic E-state index is 6.41. The van der Waals surface area contributed by atoms with Crippen molar-refractivity contribution in [1.29, 1.82) is 0 Å². The maximum absolute atomic E-state index is 6.41. The second-order valence-corrected chi connectivity index (χ2v) is 12.6. The van der Waals surface area contributed by atoms with Gasteiger partial charge in [0.2, 0.25) is 0 Å². The fourth-order valence-electron chi connectivity index (χ4n) is 6.76. The quantitative estimate of drug-likeness (QED) is 0.129. The van der Waals surface area contributed by atoms with Crippen molar-refractivity contribution in [2.75, 3.05) is 0 Å². The molecular weight excluding hydrogens is 772 g/mol. The van der Waals surface area contributed by atoms with Crippen LogP contribution in [0.5, 0.6) is 11.5 Å². The van der Waals surface area contributed by atoms with Crippen molar-refractivity contribution in [3.05, 3.63) is 132 Å². The number of hydrogen-bond donors (Lipinski definition) is 0. The second kappa shape index (κ2) is 14.3. The van der Waals surface area contributed by atoms with Crippen molar-refractivity contribution in [2.45, 2.75) is 66.2 Å². The van der Waals surface area contributed by atoms with Crippen molar-refractivity contribution < 1.29 is 25.8 Å². The van der Waals surface area contributed by atoms with Crippen LogP contribution in [-0.4, -0.2) is 19.3 Å². The number of nitrogens with zero attached hydrogens (tertiary/aromatic N) is 4. The minimum Gasteiger partial charge on any atom is -0.509 e. The van der Waals surface area contributed by atoms with Crippen LogP contribution in [0.3, 0.4) is 0 Å². The minimum atomic E-state index is 0. The normalized spacial score (nSPS) is 11.4. The molecule has 0 bridgehead atoms. The van der Waals surface area contributed by atoms with Crippen LogP contribution in [0.15, 0.2) is 97.5 Å². The van der Waals surface area contributed by atoms with E-state index in [1.54, 1.807) is 0 Å². The Morgan fingerprint density at radius 3 is 2.44 bits per heavy atom. The Morgan fingerprint density at radius 1 is 0.833 bits per heavy atom. The van der Waals surface area contributed by atoms with Gasteiger partial charge in [0.05, 0.1) is 6.20 Å². The van der Waals surface area contributed by atoms with Gasteiger partial charge >= 0.3 is 21.1 Å². The molecular formula is C42H40N4OPt. The molecule has 5 nitrogen and oxygen atoms in total. The van der Waals surface area contributed by atoms with E-state index in [0.717, 1.165) is 70.1 Å². The molecule has 244 valence electrons. The third-order valence-corrected chi connectivity index (χ3v) is 8.85. The zero-order valence-corrected chi connectivity index (χ0v) is 30.4. The van der Waals surface area contributed by atoms with E-state index in [9.17, 15) is 0 Å². The summed E-state index contributed by atoms with van der Waals surface area (Å²) in [5, 5.41) is 7.07. The summed E-state index contributed by atoms with van der Waals surface area (Å²) in [5.41, 5.74) is 10.8. The molecule has 0 spiro atoms. The van der Waals surface area contributed by atoms with E-state index in [1.807, 2.05) is 47.4 Å². The van der Waals surface area contributed by atoms with Crippen LogP contribution in [-0.2, 0) is 33.9 Å². The molecule has 7 aromatic rings. The number of rotatable bonds is 10. The predicted octanol–water partition coefficient (Wildman–Crippen LogP) is 10.8. The number of para-hydroxylation sites is 1. The molecule has 0 saturated heterocycles. The van der Waals surface area contributed by atoms with Gasteiger partial charge in [-0.15, -0.1) is 35.7 Å². The monoisotopic (exact) mass is 811 g/mol. The average Bonchev–Trinajstić information content (AvgIpc) is 3.68. The first kappa shape index (κ1) is 33.4. The fourth-order valence-corrected chi connectivity index (χ4v) is 6.76. The van der Waals surface area contributed by atoms with E-state index in [1.165, 1.54) is 22.3 Å². The molecule has 0 atom stereocenters. The van der Waals surface area contributed by atoms with Crippen LogP contribution in [0.4, 0.5) is 0 Å². The standard InChI is InChI=1S/C42H40N4O.Pt/c1-6-11-30-17-19-35(28(3)4)38(12-7-2)42(30)31-26-44-45(27-31)32-13-10-14-33(24-32)47-34-18-20-37-36-15-8-9-16-39(36)46(40(37)25-34)41-23-29(5)21-22-43-41;/h8-10,13-23,26-28H,6-7,11-12H2,1-5H3;/q-2;+2. The molecule has 0 radical (unpaired) electrons. The molecule has 3 aromatic heterocycles. The smallest absolute Gasteiger partial charge is 0.509 e. The fraction of sp³-hybridized carbons (Fsp3) is 0.238. The van der Waals surface area contributed by atoms with Crippen molar-refractivity contribution in [1.82, 2.24) is 19.3 Å². The molecule has 48 heavy (non-hydrogen) atoms. The summed E-state index contributed by atoms with van der Waals surface area (Å²) in [6.07, 6.45) is 10.3. The number of pyridine rings is 1. The second-order valence-electron chi connectivity index (χ2n) is 12.6. The minimum absolute atomic E-state index is 0. The molecule has 0 aliphatic carbocycles. The van der Waals surface area contributed by atoms with Crippen LogP contribution in [0.1, 0.15) is 68.7 Å². The van der Waals surface area contributed by atoms with Crippen LogP contribution in [0.25, 0.3) is 44.4 Å². The average molecular weight is 812 g/mol. The van der Waals surface area contributed by atoms with Gasteiger partial charge in [-0.2, -0.15) is 17.2 Å². The molecule has 6 heteroatoms. The number of ether oxygens (including phenoxy) is 1. The SMILES string of the molecule is CCCc1ccc(C(C)C)c(CCC)c1-c1cnn(-c2[c-]c(Oc3[c-]c4c(cc3)c3ccccc3n4-c3cc(C)ccn3)ccc2)c1.[Pt+2]. The number of fused-ring (bicyclic) bond motifs is 3. The molecule has 0 aliphatic rings. The van der Waals surface area contributed by atoms with Crippen LogP contribution < -0.4 is 4.74 Å². The Balaban J connectivity index is 0.00000401. The van der Waals surface area contributed by atoms with Crippen LogP contribution >= 0.6 is 0 Å². The van der Waals surface area contributed by atoms with Crippen LogP contribution in [0.2, 0.25) is 0 Å². The predicted molar refractivity (Wildman–Crippen MR) is 192 cm³/mol.